The summed E-state index contributed by atoms with van der Waals surface area (Å²) in [6.07, 6.45) is 0.935. The molecule has 1 aromatic rings. The molecule has 5 heteroatoms. The van der Waals surface area contributed by atoms with E-state index in [-0.39, 0.29) is 11.8 Å². The number of rotatable bonds is 1. The molecule has 0 aromatic carbocycles. The molecular formula is C10H13N3O2. The van der Waals surface area contributed by atoms with Crippen molar-refractivity contribution in [3.63, 3.8) is 0 Å². The van der Waals surface area contributed by atoms with Crippen molar-refractivity contribution in [3.05, 3.63) is 11.7 Å². The highest BCUT2D eigenvalue weighted by molar-refractivity contribution is 5.85. The first-order valence-corrected chi connectivity index (χ1v) is 5.29. The van der Waals surface area contributed by atoms with Gasteiger partial charge in [0.2, 0.25) is 5.89 Å². The molecule has 0 radical (unpaired) electrons. The van der Waals surface area contributed by atoms with Crippen LogP contribution in [-0.4, -0.2) is 40.5 Å². The maximum atomic E-state index is 11.7. The number of ketones is 1. The molecule has 4 rings (SSSR count). The van der Waals surface area contributed by atoms with E-state index in [2.05, 4.69) is 15.0 Å². The molecule has 3 aliphatic rings. The Morgan fingerprint density at radius 1 is 1.47 bits per heavy atom. The van der Waals surface area contributed by atoms with Gasteiger partial charge >= 0.3 is 0 Å². The molecule has 0 aliphatic carbocycles. The van der Waals surface area contributed by atoms with Crippen molar-refractivity contribution in [1.82, 2.24) is 15.0 Å². The second kappa shape index (κ2) is 3.13. The Balaban J connectivity index is 1.91. The van der Waals surface area contributed by atoms with Gasteiger partial charge in [-0.25, -0.2) is 0 Å². The van der Waals surface area contributed by atoms with Gasteiger partial charge in [0.15, 0.2) is 11.6 Å². The fraction of sp³-hybridized carbons (Fsp3) is 0.700. The molecule has 1 aromatic heterocycles. The van der Waals surface area contributed by atoms with Crippen LogP contribution in [0.1, 0.15) is 24.1 Å². The molecule has 0 N–H and O–H groups in total. The smallest absolute Gasteiger partial charge is 0.231 e. The summed E-state index contributed by atoms with van der Waals surface area (Å²) in [4.78, 5) is 18.1. The van der Waals surface area contributed by atoms with E-state index in [0.717, 1.165) is 19.5 Å². The molecule has 2 bridgehead atoms. The van der Waals surface area contributed by atoms with E-state index in [1.807, 2.05) is 0 Å². The molecule has 0 spiro atoms. The number of aromatic nitrogens is 2. The van der Waals surface area contributed by atoms with Gasteiger partial charge in [0, 0.05) is 12.5 Å². The third-order valence-electron chi connectivity index (χ3n) is 3.35. The molecule has 0 saturated carbocycles. The zero-order valence-corrected chi connectivity index (χ0v) is 8.64. The van der Waals surface area contributed by atoms with Crippen LogP contribution in [0.4, 0.5) is 0 Å². The number of hydrogen-bond donors (Lipinski definition) is 0. The number of carbonyl (C=O) groups excluding carboxylic acids is 1. The Morgan fingerprint density at radius 2 is 2.33 bits per heavy atom. The lowest BCUT2D eigenvalue weighted by molar-refractivity contribution is -0.132. The normalized spacial score (nSPS) is 34.7. The van der Waals surface area contributed by atoms with Gasteiger partial charge in [0.1, 0.15) is 0 Å². The summed E-state index contributed by atoms with van der Waals surface area (Å²) in [6, 6.07) is 0. The van der Waals surface area contributed by atoms with Crippen LogP contribution in [-0.2, 0) is 4.79 Å². The van der Waals surface area contributed by atoms with Crippen LogP contribution in [0.15, 0.2) is 4.52 Å². The lowest BCUT2D eigenvalue weighted by Gasteiger charge is -2.41. The van der Waals surface area contributed by atoms with E-state index in [4.69, 9.17) is 4.52 Å². The molecule has 80 valence electrons. The molecule has 5 nitrogen and oxygen atoms in total. The van der Waals surface area contributed by atoms with Gasteiger partial charge < -0.3 is 4.52 Å². The summed E-state index contributed by atoms with van der Waals surface area (Å²) in [5.74, 6) is 1.84. The Hall–Kier alpha value is -1.23. The minimum atomic E-state index is 0.106. The molecule has 3 saturated heterocycles. The molecule has 0 amide bonds. The number of hydrogen-bond acceptors (Lipinski definition) is 5. The van der Waals surface area contributed by atoms with E-state index >= 15 is 0 Å². The van der Waals surface area contributed by atoms with Crippen molar-refractivity contribution in [1.29, 1.82) is 0 Å². The van der Waals surface area contributed by atoms with Crippen LogP contribution in [0.2, 0.25) is 0 Å². The summed E-state index contributed by atoms with van der Waals surface area (Å²) < 4.78 is 5.16. The molecule has 3 atom stereocenters. The second-order valence-corrected chi connectivity index (χ2v) is 4.38. The zero-order chi connectivity index (χ0) is 10.4. The van der Waals surface area contributed by atoms with Crippen molar-refractivity contribution in [2.24, 2.45) is 5.92 Å². The second-order valence-electron chi connectivity index (χ2n) is 4.38. The van der Waals surface area contributed by atoms with Gasteiger partial charge in [0.05, 0.1) is 12.5 Å². The highest BCUT2D eigenvalue weighted by Gasteiger charge is 2.43. The predicted octanol–water partition coefficient (Wildman–Crippen LogP) is 0.366. The van der Waals surface area contributed by atoms with Crippen LogP contribution >= 0.6 is 0 Å². The fourth-order valence-corrected chi connectivity index (χ4v) is 2.60. The number of fused-ring (bicyclic) bond motifs is 3. The topological polar surface area (TPSA) is 59.2 Å². The Labute approximate surface area is 87.4 Å². The molecule has 3 unspecified atom stereocenters. The van der Waals surface area contributed by atoms with Crippen LogP contribution in [0.5, 0.6) is 0 Å². The summed E-state index contributed by atoms with van der Waals surface area (Å²) in [5.41, 5.74) is 0. The predicted molar refractivity (Wildman–Crippen MR) is 51.3 cm³/mol. The largest absolute Gasteiger partial charge is 0.339 e. The number of aryl methyl sites for hydroxylation is 1. The van der Waals surface area contributed by atoms with E-state index in [1.54, 1.807) is 6.92 Å². The lowest BCUT2D eigenvalue weighted by Crippen LogP contribution is -2.52. The Kier molecular flexibility index (Phi) is 1.88. The maximum absolute atomic E-state index is 11.7. The maximum Gasteiger partial charge on any atom is 0.231 e. The van der Waals surface area contributed by atoms with E-state index in [9.17, 15) is 4.79 Å². The first-order chi connectivity index (χ1) is 7.24. The Bertz CT molecular complexity index is 401. The molecule has 3 fully saturated rings. The van der Waals surface area contributed by atoms with E-state index in [1.165, 1.54) is 0 Å². The number of piperidine rings is 3. The van der Waals surface area contributed by atoms with Crippen LogP contribution < -0.4 is 0 Å². The van der Waals surface area contributed by atoms with Crippen molar-refractivity contribution in [3.8, 4) is 0 Å². The standard InChI is InChI=1S/C10H13N3O2/c1-6-11-10(15-12-6)8-4-13-3-2-7(8)9(14)5-13/h7-8H,2-5H2,1H3. The molecule has 4 heterocycles. The third kappa shape index (κ3) is 1.38. The highest BCUT2D eigenvalue weighted by Crippen LogP contribution is 2.36. The van der Waals surface area contributed by atoms with Crippen LogP contribution in [0.3, 0.4) is 0 Å². The average molecular weight is 207 g/mol. The average Bonchev–Trinajstić information content (AvgIpc) is 2.65. The number of nitrogens with zero attached hydrogens (tertiary/aromatic N) is 3. The lowest BCUT2D eigenvalue weighted by atomic mass is 9.78. The number of Topliss-reactive ketones (excluding diaryl/α,β-unsaturated/α-hetero) is 1. The Morgan fingerprint density at radius 3 is 2.93 bits per heavy atom. The van der Waals surface area contributed by atoms with Crippen LogP contribution in [0, 0.1) is 12.8 Å². The highest BCUT2D eigenvalue weighted by atomic mass is 16.5. The van der Waals surface area contributed by atoms with Gasteiger partial charge in [-0.05, 0) is 19.9 Å². The zero-order valence-electron chi connectivity index (χ0n) is 8.64. The van der Waals surface area contributed by atoms with Gasteiger partial charge in [-0.1, -0.05) is 5.16 Å². The van der Waals surface area contributed by atoms with Gasteiger partial charge in [-0.2, -0.15) is 4.98 Å². The molecular weight excluding hydrogens is 194 g/mol. The summed E-state index contributed by atoms with van der Waals surface area (Å²) in [6.45, 7) is 4.32. The van der Waals surface area contributed by atoms with Crippen molar-refractivity contribution < 1.29 is 9.32 Å². The fourth-order valence-electron chi connectivity index (χ4n) is 2.60. The SMILES string of the molecule is Cc1noc(C2CN3CCC2C(=O)C3)n1. The summed E-state index contributed by atoms with van der Waals surface area (Å²) >= 11 is 0. The summed E-state index contributed by atoms with van der Waals surface area (Å²) in [5, 5.41) is 3.78. The third-order valence-corrected chi connectivity index (χ3v) is 3.35. The van der Waals surface area contributed by atoms with E-state index < -0.39 is 0 Å². The minimum Gasteiger partial charge on any atom is -0.339 e. The van der Waals surface area contributed by atoms with Gasteiger partial charge in [-0.3, -0.25) is 9.69 Å². The number of carbonyl (C=O) groups is 1. The first kappa shape index (κ1) is 9.03. The molecule has 3 aliphatic heterocycles. The van der Waals surface area contributed by atoms with Gasteiger partial charge in [-0.15, -0.1) is 0 Å². The van der Waals surface area contributed by atoms with E-state index in [0.29, 0.717) is 24.0 Å². The monoisotopic (exact) mass is 207 g/mol. The summed E-state index contributed by atoms with van der Waals surface area (Å²) in [7, 11) is 0. The quantitative estimate of drug-likeness (QED) is 0.665. The van der Waals surface area contributed by atoms with Crippen molar-refractivity contribution >= 4 is 5.78 Å². The van der Waals surface area contributed by atoms with Crippen molar-refractivity contribution in [2.45, 2.75) is 19.3 Å². The minimum absolute atomic E-state index is 0.106. The molecule has 15 heavy (non-hydrogen) atoms. The van der Waals surface area contributed by atoms with Crippen LogP contribution in [0.25, 0.3) is 0 Å². The van der Waals surface area contributed by atoms with Crippen molar-refractivity contribution in [2.75, 3.05) is 19.6 Å². The first-order valence-electron chi connectivity index (χ1n) is 5.29. The van der Waals surface area contributed by atoms with Gasteiger partial charge in [0.25, 0.3) is 0 Å².